The van der Waals surface area contributed by atoms with Gasteiger partial charge in [-0.05, 0) is 24.5 Å². The van der Waals surface area contributed by atoms with Gasteiger partial charge in [-0.15, -0.1) is 0 Å². The predicted octanol–water partition coefficient (Wildman–Crippen LogP) is 2.12. The topological polar surface area (TPSA) is 51.2 Å². The van der Waals surface area contributed by atoms with Crippen molar-refractivity contribution in [3.05, 3.63) is 29.0 Å². The van der Waals surface area contributed by atoms with Crippen LogP contribution in [0.15, 0.2) is 18.2 Å². The maximum atomic E-state index is 11.9. The smallest absolute Gasteiger partial charge is 0.223 e. The molecule has 1 aromatic rings. The quantitative estimate of drug-likeness (QED) is 0.860. The molecule has 1 amide bonds. The van der Waals surface area contributed by atoms with Crippen molar-refractivity contribution < 1.29 is 9.53 Å². The number of rotatable bonds is 4. The Labute approximate surface area is 117 Å². The lowest BCUT2D eigenvalue weighted by Gasteiger charge is -2.41. The molecule has 2 fully saturated rings. The zero-order valence-corrected chi connectivity index (χ0v) is 11.6. The molecule has 3 rings (SSSR count). The monoisotopic (exact) mass is 280 g/mol. The first-order chi connectivity index (χ1) is 9.11. The van der Waals surface area contributed by atoms with Gasteiger partial charge >= 0.3 is 0 Å². The second-order valence-corrected chi connectivity index (χ2v) is 5.86. The number of halogens is 1. The first-order valence-corrected chi connectivity index (χ1v) is 7.03. The molecule has 2 heterocycles. The minimum Gasteiger partial charge on any atom is -0.367 e. The van der Waals surface area contributed by atoms with Gasteiger partial charge in [0.25, 0.3) is 0 Å². The molecule has 2 aliphatic rings. The fraction of sp³-hybridized carbons (Fsp3) is 0.571. The van der Waals surface area contributed by atoms with Gasteiger partial charge in [-0.2, -0.15) is 0 Å². The third-order valence-corrected chi connectivity index (χ3v) is 4.27. The molecule has 1 saturated heterocycles. The van der Waals surface area contributed by atoms with Gasteiger partial charge in [0, 0.05) is 12.3 Å². The molecule has 3 atom stereocenters. The number of carbonyl (C=O) groups excluding carboxylic acids is 1. The highest BCUT2D eigenvalue weighted by molar-refractivity contribution is 6.29. The Morgan fingerprint density at radius 3 is 2.89 bits per heavy atom. The SMILES string of the molecule is C[C@H]1C[C@@H]1C(=O)NCC1(c2cccc(Cl)n2)CCO1. The number of carbonyl (C=O) groups is 1. The van der Waals surface area contributed by atoms with Crippen molar-refractivity contribution in [1.82, 2.24) is 10.3 Å². The molecular formula is C14H17ClN2O2. The average molecular weight is 281 g/mol. The van der Waals surface area contributed by atoms with Gasteiger partial charge < -0.3 is 10.1 Å². The van der Waals surface area contributed by atoms with E-state index in [0.717, 1.165) is 18.5 Å². The van der Waals surface area contributed by atoms with Gasteiger partial charge in [0.15, 0.2) is 0 Å². The molecule has 1 unspecified atom stereocenters. The predicted molar refractivity (Wildman–Crippen MR) is 71.8 cm³/mol. The van der Waals surface area contributed by atoms with Crippen LogP contribution in [0.2, 0.25) is 5.15 Å². The number of amides is 1. The van der Waals surface area contributed by atoms with Gasteiger partial charge in [0.2, 0.25) is 5.91 Å². The summed E-state index contributed by atoms with van der Waals surface area (Å²) in [6.45, 7) is 3.27. The molecule has 1 aliphatic carbocycles. The van der Waals surface area contributed by atoms with Gasteiger partial charge in [-0.1, -0.05) is 24.6 Å². The van der Waals surface area contributed by atoms with Crippen LogP contribution in [0.4, 0.5) is 0 Å². The van der Waals surface area contributed by atoms with Gasteiger partial charge in [-0.25, -0.2) is 4.98 Å². The van der Waals surface area contributed by atoms with Crippen molar-refractivity contribution in [2.24, 2.45) is 11.8 Å². The van der Waals surface area contributed by atoms with Gasteiger partial charge in [0.1, 0.15) is 10.8 Å². The number of nitrogens with zero attached hydrogens (tertiary/aromatic N) is 1. The Kier molecular flexibility index (Phi) is 3.23. The van der Waals surface area contributed by atoms with Crippen LogP contribution in [-0.2, 0) is 15.1 Å². The lowest BCUT2D eigenvalue weighted by atomic mass is 9.90. The Morgan fingerprint density at radius 2 is 2.37 bits per heavy atom. The van der Waals surface area contributed by atoms with Crippen LogP contribution >= 0.6 is 11.6 Å². The fourth-order valence-electron chi connectivity index (χ4n) is 2.49. The van der Waals surface area contributed by atoms with E-state index in [4.69, 9.17) is 16.3 Å². The molecule has 19 heavy (non-hydrogen) atoms. The van der Waals surface area contributed by atoms with E-state index in [1.54, 1.807) is 6.07 Å². The molecule has 1 N–H and O–H groups in total. The Morgan fingerprint density at radius 1 is 1.63 bits per heavy atom. The van der Waals surface area contributed by atoms with Crippen LogP contribution in [0.25, 0.3) is 0 Å². The lowest BCUT2D eigenvalue weighted by Crippen LogP contribution is -2.50. The van der Waals surface area contributed by atoms with Crippen LogP contribution in [0.1, 0.15) is 25.5 Å². The van der Waals surface area contributed by atoms with Crippen molar-refractivity contribution >= 4 is 17.5 Å². The number of ether oxygens (including phenoxy) is 1. The molecule has 0 radical (unpaired) electrons. The fourth-order valence-corrected chi connectivity index (χ4v) is 2.65. The number of hydrogen-bond donors (Lipinski definition) is 1. The second kappa shape index (κ2) is 4.76. The molecule has 102 valence electrons. The molecule has 5 heteroatoms. The second-order valence-electron chi connectivity index (χ2n) is 5.48. The standard InChI is InChI=1S/C14H17ClN2O2/c1-9-7-10(9)13(18)16-8-14(5-6-19-14)11-3-2-4-12(15)17-11/h2-4,9-10H,5-8H2,1H3,(H,16,18)/t9-,10-,14?/m0/s1. The normalized spacial score (nSPS) is 32.5. The molecule has 1 aromatic heterocycles. The van der Waals surface area contributed by atoms with Crippen molar-refractivity contribution in [2.45, 2.75) is 25.4 Å². The minimum atomic E-state index is -0.487. The summed E-state index contributed by atoms with van der Waals surface area (Å²) in [5, 5.41) is 3.44. The Balaban J connectivity index is 1.68. The summed E-state index contributed by atoms with van der Waals surface area (Å²) in [5.74, 6) is 0.830. The van der Waals surface area contributed by atoms with Crippen LogP contribution in [0.3, 0.4) is 0 Å². The molecule has 0 spiro atoms. The van der Waals surface area contributed by atoms with Crippen molar-refractivity contribution in [1.29, 1.82) is 0 Å². The largest absolute Gasteiger partial charge is 0.367 e. The highest BCUT2D eigenvalue weighted by Gasteiger charge is 2.44. The maximum Gasteiger partial charge on any atom is 0.223 e. The summed E-state index contributed by atoms with van der Waals surface area (Å²) in [4.78, 5) is 16.2. The number of hydrogen-bond acceptors (Lipinski definition) is 3. The first-order valence-electron chi connectivity index (χ1n) is 6.65. The highest BCUT2D eigenvalue weighted by atomic mass is 35.5. The van der Waals surface area contributed by atoms with Crippen LogP contribution in [-0.4, -0.2) is 24.0 Å². The van der Waals surface area contributed by atoms with Crippen LogP contribution in [0, 0.1) is 11.8 Å². The Hall–Kier alpha value is -1.13. The lowest BCUT2D eigenvalue weighted by molar-refractivity contribution is -0.157. The number of aromatic nitrogens is 1. The number of nitrogens with one attached hydrogen (secondary N) is 1. The molecule has 1 saturated carbocycles. The van der Waals surface area contributed by atoms with E-state index in [1.807, 2.05) is 12.1 Å². The van der Waals surface area contributed by atoms with E-state index < -0.39 is 5.60 Å². The van der Waals surface area contributed by atoms with Gasteiger partial charge in [0.05, 0.1) is 18.8 Å². The van der Waals surface area contributed by atoms with Crippen LogP contribution in [0.5, 0.6) is 0 Å². The number of pyridine rings is 1. The average Bonchev–Trinajstić information content (AvgIpc) is 3.05. The minimum absolute atomic E-state index is 0.129. The van der Waals surface area contributed by atoms with E-state index in [9.17, 15) is 4.79 Å². The zero-order valence-electron chi connectivity index (χ0n) is 10.9. The van der Waals surface area contributed by atoms with E-state index in [1.165, 1.54) is 0 Å². The van der Waals surface area contributed by atoms with Crippen molar-refractivity contribution in [3.8, 4) is 0 Å². The Bertz CT molecular complexity index is 502. The molecule has 4 nitrogen and oxygen atoms in total. The summed E-state index contributed by atoms with van der Waals surface area (Å²) in [6, 6.07) is 5.50. The summed E-state index contributed by atoms with van der Waals surface area (Å²) in [5.41, 5.74) is 0.314. The zero-order chi connectivity index (χ0) is 13.5. The molecular weight excluding hydrogens is 264 g/mol. The third-order valence-electron chi connectivity index (χ3n) is 4.06. The van der Waals surface area contributed by atoms with E-state index in [2.05, 4.69) is 17.2 Å². The summed E-state index contributed by atoms with van der Waals surface area (Å²) < 4.78 is 5.70. The van der Waals surface area contributed by atoms with Crippen molar-refractivity contribution in [2.75, 3.05) is 13.2 Å². The first kappa shape index (κ1) is 12.9. The summed E-state index contributed by atoms with van der Waals surface area (Å²) >= 11 is 5.92. The summed E-state index contributed by atoms with van der Waals surface area (Å²) in [6.07, 6.45) is 1.86. The molecule has 1 aliphatic heterocycles. The highest BCUT2D eigenvalue weighted by Crippen LogP contribution is 2.39. The van der Waals surface area contributed by atoms with Crippen molar-refractivity contribution in [3.63, 3.8) is 0 Å². The molecule has 0 bridgehead atoms. The maximum absolute atomic E-state index is 11.9. The van der Waals surface area contributed by atoms with E-state index >= 15 is 0 Å². The third kappa shape index (κ3) is 2.47. The summed E-state index contributed by atoms with van der Waals surface area (Å²) in [7, 11) is 0. The molecule has 0 aromatic carbocycles. The van der Waals surface area contributed by atoms with E-state index in [0.29, 0.717) is 24.2 Å². The van der Waals surface area contributed by atoms with Crippen LogP contribution < -0.4 is 5.32 Å². The van der Waals surface area contributed by atoms with E-state index in [-0.39, 0.29) is 11.8 Å². The van der Waals surface area contributed by atoms with Gasteiger partial charge in [-0.3, -0.25) is 4.79 Å².